The number of hydrogen-bond donors (Lipinski definition) is 2. The molecule has 0 heterocycles. The molecule has 2 heteroatoms. The van der Waals surface area contributed by atoms with E-state index < -0.39 is 0 Å². The molecule has 1 saturated carbocycles. The smallest absolute Gasteiger partial charge is 0.0599 e. The van der Waals surface area contributed by atoms with Crippen molar-refractivity contribution in [2.75, 3.05) is 6.61 Å². The molecule has 0 unspecified atom stereocenters. The Labute approximate surface area is 80.3 Å². The van der Waals surface area contributed by atoms with Crippen LogP contribution in [0.3, 0.4) is 0 Å². The Morgan fingerprint density at radius 1 is 1.54 bits per heavy atom. The molecule has 1 rings (SSSR count). The van der Waals surface area contributed by atoms with Gasteiger partial charge in [0, 0.05) is 6.61 Å². The molecule has 0 radical (unpaired) electrons. The fraction of sp³-hybridized carbons (Fsp3) is 0.818. The third-order valence-corrected chi connectivity index (χ3v) is 3.41. The Morgan fingerprint density at radius 3 is 2.69 bits per heavy atom. The zero-order valence-electron chi connectivity index (χ0n) is 8.58. The largest absolute Gasteiger partial charge is 0.396 e. The first-order valence-corrected chi connectivity index (χ1v) is 4.96. The molecular weight excluding hydrogens is 164 g/mol. The van der Waals surface area contributed by atoms with Gasteiger partial charge in [0.1, 0.15) is 0 Å². The van der Waals surface area contributed by atoms with Crippen molar-refractivity contribution in [2.24, 2.45) is 11.3 Å². The van der Waals surface area contributed by atoms with Crippen LogP contribution in [0.2, 0.25) is 0 Å². The minimum atomic E-state index is -0.255. The van der Waals surface area contributed by atoms with Gasteiger partial charge in [-0.05, 0) is 30.6 Å². The van der Waals surface area contributed by atoms with Crippen molar-refractivity contribution >= 4 is 0 Å². The van der Waals surface area contributed by atoms with Gasteiger partial charge in [-0.3, -0.25) is 0 Å². The van der Waals surface area contributed by atoms with E-state index in [2.05, 4.69) is 20.4 Å². The Balaban J connectivity index is 2.78. The summed E-state index contributed by atoms with van der Waals surface area (Å²) in [6, 6.07) is 0. The van der Waals surface area contributed by atoms with E-state index >= 15 is 0 Å². The van der Waals surface area contributed by atoms with Crippen LogP contribution in [-0.4, -0.2) is 22.9 Å². The Morgan fingerprint density at radius 2 is 2.15 bits per heavy atom. The van der Waals surface area contributed by atoms with Crippen LogP contribution in [0, 0.1) is 11.3 Å². The second kappa shape index (κ2) is 3.81. The molecule has 2 nitrogen and oxygen atoms in total. The molecule has 76 valence electrons. The molecule has 0 bridgehead atoms. The molecule has 0 amide bonds. The summed E-state index contributed by atoms with van der Waals surface area (Å²) in [7, 11) is 0. The maximum Gasteiger partial charge on any atom is 0.0599 e. The number of hydrogen-bond acceptors (Lipinski definition) is 2. The van der Waals surface area contributed by atoms with Gasteiger partial charge in [-0.15, -0.1) is 0 Å². The first-order valence-electron chi connectivity index (χ1n) is 4.96. The maximum absolute atomic E-state index is 9.83. The van der Waals surface area contributed by atoms with E-state index in [0.29, 0.717) is 0 Å². The van der Waals surface area contributed by atoms with Gasteiger partial charge in [0.15, 0.2) is 0 Å². The van der Waals surface area contributed by atoms with E-state index in [-0.39, 0.29) is 24.0 Å². The van der Waals surface area contributed by atoms with Crippen LogP contribution in [0.4, 0.5) is 0 Å². The monoisotopic (exact) mass is 184 g/mol. The van der Waals surface area contributed by atoms with Crippen LogP contribution >= 0.6 is 0 Å². The molecule has 2 N–H and O–H groups in total. The predicted octanol–water partition coefficient (Wildman–Crippen LogP) is 1.72. The molecule has 0 aromatic carbocycles. The van der Waals surface area contributed by atoms with Crippen LogP contribution in [0.15, 0.2) is 12.2 Å². The number of allylic oxidation sites excluding steroid dienone is 1. The molecule has 0 aromatic rings. The highest BCUT2D eigenvalue weighted by Gasteiger charge is 2.40. The molecule has 0 saturated heterocycles. The number of rotatable bonds is 2. The fourth-order valence-corrected chi connectivity index (χ4v) is 2.33. The Hall–Kier alpha value is -0.340. The van der Waals surface area contributed by atoms with E-state index in [1.807, 2.05) is 0 Å². The standard InChI is InChI=1S/C11H20O2/c1-8-4-5-10(13)11(2,3)9(8)6-7-12/h9-10,12-13H,1,4-7H2,2-3H3/t9-,10+/m1/s1. The lowest BCUT2D eigenvalue weighted by atomic mass is 9.64. The van der Waals surface area contributed by atoms with Crippen molar-refractivity contribution in [3.63, 3.8) is 0 Å². The Bertz CT molecular complexity index is 196. The van der Waals surface area contributed by atoms with Crippen LogP contribution in [0.25, 0.3) is 0 Å². The maximum atomic E-state index is 9.83. The lowest BCUT2D eigenvalue weighted by Crippen LogP contribution is -2.41. The van der Waals surface area contributed by atoms with Crippen molar-refractivity contribution in [3.05, 3.63) is 12.2 Å². The molecule has 1 fully saturated rings. The minimum Gasteiger partial charge on any atom is -0.396 e. The molecule has 13 heavy (non-hydrogen) atoms. The van der Waals surface area contributed by atoms with Crippen molar-refractivity contribution in [3.8, 4) is 0 Å². The van der Waals surface area contributed by atoms with Crippen LogP contribution in [0.1, 0.15) is 33.1 Å². The first kappa shape index (κ1) is 10.7. The minimum absolute atomic E-state index is 0.127. The molecule has 0 aliphatic heterocycles. The SMILES string of the molecule is C=C1CC[C@H](O)C(C)(C)[C@@H]1CCO. The average molecular weight is 184 g/mol. The van der Waals surface area contributed by atoms with Gasteiger partial charge < -0.3 is 10.2 Å². The summed E-state index contributed by atoms with van der Waals surface area (Å²) in [5.41, 5.74) is 1.06. The lowest BCUT2D eigenvalue weighted by molar-refractivity contribution is -0.0131. The topological polar surface area (TPSA) is 40.5 Å². The van der Waals surface area contributed by atoms with E-state index in [4.69, 9.17) is 5.11 Å². The second-order valence-corrected chi connectivity index (χ2v) is 4.60. The van der Waals surface area contributed by atoms with Gasteiger partial charge in [0.25, 0.3) is 0 Å². The average Bonchev–Trinajstić information content (AvgIpc) is 2.06. The predicted molar refractivity (Wildman–Crippen MR) is 53.4 cm³/mol. The molecular formula is C11H20O2. The first-order chi connectivity index (χ1) is 6.00. The highest BCUT2D eigenvalue weighted by molar-refractivity contribution is 5.11. The summed E-state index contributed by atoms with van der Waals surface area (Å²) in [5.74, 6) is 0.265. The van der Waals surface area contributed by atoms with Crippen molar-refractivity contribution in [1.29, 1.82) is 0 Å². The van der Waals surface area contributed by atoms with Crippen molar-refractivity contribution < 1.29 is 10.2 Å². The van der Waals surface area contributed by atoms with Gasteiger partial charge in [-0.25, -0.2) is 0 Å². The van der Waals surface area contributed by atoms with E-state index in [0.717, 1.165) is 19.3 Å². The summed E-state index contributed by atoms with van der Waals surface area (Å²) >= 11 is 0. The summed E-state index contributed by atoms with van der Waals surface area (Å²) < 4.78 is 0. The van der Waals surface area contributed by atoms with Crippen molar-refractivity contribution in [2.45, 2.75) is 39.2 Å². The zero-order valence-corrected chi connectivity index (χ0v) is 8.58. The molecule has 1 aliphatic rings. The zero-order chi connectivity index (χ0) is 10.1. The lowest BCUT2D eigenvalue weighted by Gasteiger charge is -2.43. The molecule has 1 aliphatic carbocycles. The van der Waals surface area contributed by atoms with Crippen molar-refractivity contribution in [1.82, 2.24) is 0 Å². The molecule has 2 atom stereocenters. The van der Waals surface area contributed by atoms with Gasteiger partial charge in [-0.2, -0.15) is 0 Å². The van der Waals surface area contributed by atoms with E-state index in [9.17, 15) is 5.11 Å². The number of aliphatic hydroxyl groups is 2. The highest BCUT2D eigenvalue weighted by atomic mass is 16.3. The van der Waals surface area contributed by atoms with Crippen LogP contribution < -0.4 is 0 Å². The third-order valence-electron chi connectivity index (χ3n) is 3.41. The van der Waals surface area contributed by atoms with Gasteiger partial charge in [-0.1, -0.05) is 26.0 Å². The second-order valence-electron chi connectivity index (χ2n) is 4.60. The summed E-state index contributed by atoms with van der Waals surface area (Å²) in [6.45, 7) is 8.32. The number of aliphatic hydroxyl groups excluding tert-OH is 2. The van der Waals surface area contributed by atoms with Gasteiger partial charge in [0.05, 0.1) is 6.10 Å². The fourth-order valence-electron chi connectivity index (χ4n) is 2.33. The van der Waals surface area contributed by atoms with E-state index in [1.54, 1.807) is 0 Å². The summed E-state index contributed by atoms with van der Waals surface area (Å²) in [5, 5.41) is 18.8. The molecule has 0 aromatic heterocycles. The summed E-state index contributed by atoms with van der Waals surface area (Å²) in [6.07, 6.45) is 2.18. The normalized spacial score (nSPS) is 33.4. The van der Waals surface area contributed by atoms with Crippen LogP contribution in [-0.2, 0) is 0 Å². The quantitative estimate of drug-likeness (QED) is 0.641. The van der Waals surface area contributed by atoms with Crippen LogP contribution in [0.5, 0.6) is 0 Å². The van der Waals surface area contributed by atoms with Gasteiger partial charge >= 0.3 is 0 Å². The Kier molecular flexibility index (Phi) is 3.14. The highest BCUT2D eigenvalue weighted by Crippen LogP contribution is 2.44. The third kappa shape index (κ3) is 1.94. The summed E-state index contributed by atoms with van der Waals surface area (Å²) in [4.78, 5) is 0. The molecule has 0 spiro atoms. The van der Waals surface area contributed by atoms with Gasteiger partial charge in [0.2, 0.25) is 0 Å². The van der Waals surface area contributed by atoms with E-state index in [1.165, 1.54) is 5.57 Å².